The predicted octanol–water partition coefficient (Wildman–Crippen LogP) is -1.20. The molecule has 2 unspecified atom stereocenters. The van der Waals surface area contributed by atoms with Gasteiger partial charge in [0.15, 0.2) is 11.1 Å². The van der Waals surface area contributed by atoms with Gasteiger partial charge in [0, 0.05) is 18.1 Å². The first-order chi connectivity index (χ1) is 18.2. The average molecular weight is 563 g/mol. The summed E-state index contributed by atoms with van der Waals surface area (Å²) in [4.78, 5) is 55.1. The van der Waals surface area contributed by atoms with Gasteiger partial charge in [-0.1, -0.05) is 42.1 Å². The number of hydrazone groups is 1. The highest BCUT2D eigenvalue weighted by Crippen LogP contribution is 2.41. The van der Waals surface area contributed by atoms with Gasteiger partial charge in [0.1, 0.15) is 23.2 Å². The quantitative estimate of drug-likeness (QED) is 0.113. The molecule has 1 aromatic rings. The van der Waals surface area contributed by atoms with Gasteiger partial charge in [-0.3, -0.25) is 19.9 Å². The molecule has 0 saturated carbocycles. The van der Waals surface area contributed by atoms with Crippen LogP contribution in [0.2, 0.25) is 0 Å². The summed E-state index contributed by atoms with van der Waals surface area (Å²) in [5.74, 6) is -2.29. The molecule has 0 aromatic heterocycles. The number of amidine groups is 1. The number of fused-ring (bicyclic) bond motifs is 1. The molecule has 38 heavy (non-hydrogen) atoms. The van der Waals surface area contributed by atoms with Crippen molar-refractivity contribution in [2.24, 2.45) is 21.6 Å². The minimum atomic E-state index is -1.23. The molecule has 15 nitrogen and oxygen atoms in total. The molecular formula is C21H26N10O5S2. The van der Waals surface area contributed by atoms with E-state index in [2.05, 4.69) is 31.7 Å². The van der Waals surface area contributed by atoms with E-state index in [0.29, 0.717) is 34.4 Å². The summed E-state index contributed by atoms with van der Waals surface area (Å²) >= 11 is 2.65. The third-order valence-electron chi connectivity index (χ3n) is 5.64. The van der Waals surface area contributed by atoms with Crippen molar-refractivity contribution in [2.45, 2.75) is 24.4 Å². The lowest BCUT2D eigenvalue weighted by molar-refractivity contribution is -0.150. The van der Waals surface area contributed by atoms with Gasteiger partial charge in [0.05, 0.1) is 0 Å². The van der Waals surface area contributed by atoms with Gasteiger partial charge in [-0.15, -0.1) is 22.0 Å². The van der Waals surface area contributed by atoms with E-state index in [1.54, 1.807) is 35.4 Å². The second-order valence-electron chi connectivity index (χ2n) is 8.14. The van der Waals surface area contributed by atoms with E-state index < -0.39 is 47.2 Å². The smallest absolute Gasteiger partial charge is 0.352 e. The Labute approximate surface area is 225 Å². The minimum Gasteiger partial charge on any atom is -0.477 e. The highest BCUT2D eigenvalue weighted by atomic mass is 32.2. The number of carbonyl (C=O) groups is 4. The van der Waals surface area contributed by atoms with Crippen molar-refractivity contribution in [3.63, 3.8) is 0 Å². The molecule has 202 valence electrons. The van der Waals surface area contributed by atoms with Crippen LogP contribution in [0.15, 0.2) is 51.7 Å². The fraction of sp³-hybridized carbons (Fsp3) is 0.333. The number of carbonyl (C=O) groups excluding carboxylic acids is 3. The lowest BCUT2D eigenvalue weighted by Crippen LogP contribution is -2.71. The first-order valence-electron chi connectivity index (χ1n) is 11.3. The number of carboxylic acid groups (broad SMARTS) is 1. The predicted molar refractivity (Wildman–Crippen MR) is 142 cm³/mol. The SMILES string of the molecule is CCN1NN=C(SCC2=C(C(=O)O)N3C(=O)C(NC(=O)C(NC(=O)N=C(N)N)c4ccccc4)[C@@H]3SC2)N1. The molecule has 0 bridgehead atoms. The number of guanidine groups is 1. The molecule has 4 amide bonds. The first-order valence-corrected chi connectivity index (χ1v) is 13.4. The Hall–Kier alpha value is -3.96. The number of urea groups is 1. The molecule has 0 aliphatic carbocycles. The highest BCUT2D eigenvalue weighted by molar-refractivity contribution is 8.14. The average Bonchev–Trinajstić information content (AvgIpc) is 3.36. The maximum Gasteiger partial charge on any atom is 0.352 e. The van der Waals surface area contributed by atoms with Gasteiger partial charge >= 0.3 is 12.0 Å². The minimum absolute atomic E-state index is 0.101. The van der Waals surface area contributed by atoms with E-state index in [0.717, 1.165) is 0 Å². The molecule has 1 aromatic carbocycles. The van der Waals surface area contributed by atoms with E-state index in [1.807, 2.05) is 6.92 Å². The fourth-order valence-corrected chi connectivity index (χ4v) is 6.20. The normalized spacial score (nSPS) is 21.2. The van der Waals surface area contributed by atoms with Crippen LogP contribution in [0, 0.1) is 0 Å². The fourth-order valence-electron chi connectivity index (χ4n) is 3.89. The van der Waals surface area contributed by atoms with Gasteiger partial charge < -0.3 is 27.2 Å². The molecule has 3 atom stereocenters. The van der Waals surface area contributed by atoms with Crippen LogP contribution in [0.3, 0.4) is 0 Å². The van der Waals surface area contributed by atoms with Crippen LogP contribution in [0.5, 0.6) is 0 Å². The molecule has 17 heteroatoms. The monoisotopic (exact) mass is 562 g/mol. The number of benzene rings is 1. The van der Waals surface area contributed by atoms with E-state index in [4.69, 9.17) is 11.5 Å². The maximum atomic E-state index is 13.2. The molecule has 3 heterocycles. The van der Waals surface area contributed by atoms with E-state index in [9.17, 15) is 24.3 Å². The van der Waals surface area contributed by atoms with Crippen LogP contribution in [0.4, 0.5) is 4.79 Å². The van der Waals surface area contributed by atoms with Crippen molar-refractivity contribution >= 4 is 58.5 Å². The number of rotatable bonds is 8. The lowest BCUT2D eigenvalue weighted by atomic mass is 10.0. The molecule has 9 N–H and O–H groups in total. The number of hydrogen-bond donors (Lipinski definition) is 7. The van der Waals surface area contributed by atoms with Crippen molar-refractivity contribution < 1.29 is 24.3 Å². The Bertz CT molecular complexity index is 1220. The second kappa shape index (κ2) is 11.6. The van der Waals surface area contributed by atoms with Crippen LogP contribution in [-0.4, -0.2) is 79.5 Å². The number of nitrogens with two attached hydrogens (primary N) is 2. The van der Waals surface area contributed by atoms with Crippen molar-refractivity contribution in [3.8, 4) is 0 Å². The number of thioether (sulfide) groups is 2. The zero-order valence-electron chi connectivity index (χ0n) is 20.1. The van der Waals surface area contributed by atoms with Crippen molar-refractivity contribution in [1.82, 2.24) is 31.6 Å². The highest BCUT2D eigenvalue weighted by Gasteiger charge is 2.54. The Morgan fingerprint density at radius 2 is 2.05 bits per heavy atom. The third-order valence-corrected chi connectivity index (χ3v) is 7.93. The summed E-state index contributed by atoms with van der Waals surface area (Å²) in [6, 6.07) is 5.24. The molecular weight excluding hydrogens is 536 g/mol. The molecule has 0 radical (unpaired) electrons. The summed E-state index contributed by atoms with van der Waals surface area (Å²) in [5.41, 5.74) is 17.2. The van der Waals surface area contributed by atoms with Gasteiger partial charge in [0.2, 0.25) is 5.91 Å². The number of hydrazine groups is 2. The summed E-state index contributed by atoms with van der Waals surface area (Å²) in [5, 5.41) is 20.7. The zero-order chi connectivity index (χ0) is 27.4. The van der Waals surface area contributed by atoms with Crippen LogP contribution in [-0.2, 0) is 14.4 Å². The molecule has 1 saturated heterocycles. The lowest BCUT2D eigenvalue weighted by Gasteiger charge is -2.49. The van der Waals surface area contributed by atoms with Gasteiger partial charge in [0.25, 0.3) is 5.91 Å². The Kier molecular flexibility index (Phi) is 8.28. The number of β-lactam (4-membered cyclic amide) rings is 1. The number of aliphatic imine (C=N–C) groups is 1. The summed E-state index contributed by atoms with van der Waals surface area (Å²) < 4.78 is 0. The van der Waals surface area contributed by atoms with E-state index in [1.165, 1.54) is 28.4 Å². The number of carboxylic acids is 1. The van der Waals surface area contributed by atoms with E-state index in [-0.39, 0.29) is 5.70 Å². The van der Waals surface area contributed by atoms with Crippen molar-refractivity contribution in [1.29, 1.82) is 0 Å². The molecule has 4 rings (SSSR count). The van der Waals surface area contributed by atoms with Gasteiger partial charge in [-0.2, -0.15) is 4.99 Å². The number of nitrogens with zero attached hydrogens (tertiary/aromatic N) is 4. The maximum absolute atomic E-state index is 13.2. The molecule has 3 aliphatic heterocycles. The van der Waals surface area contributed by atoms with Crippen LogP contribution < -0.4 is 33.1 Å². The van der Waals surface area contributed by atoms with Gasteiger partial charge in [-0.25, -0.2) is 15.1 Å². The summed E-state index contributed by atoms with van der Waals surface area (Å²) in [7, 11) is 0. The topological polar surface area (TPSA) is 220 Å². The van der Waals surface area contributed by atoms with Crippen molar-refractivity contribution in [2.75, 3.05) is 18.1 Å². The summed E-state index contributed by atoms with van der Waals surface area (Å²) in [6.07, 6.45) is 0. The molecule has 1 fully saturated rings. The number of hydrogen-bond acceptors (Lipinski definition) is 10. The first kappa shape index (κ1) is 27.1. The number of amides is 4. The number of aliphatic carboxylic acids is 1. The van der Waals surface area contributed by atoms with Crippen LogP contribution >= 0.6 is 23.5 Å². The van der Waals surface area contributed by atoms with Gasteiger partial charge in [-0.05, 0) is 18.1 Å². The largest absolute Gasteiger partial charge is 0.477 e. The zero-order valence-corrected chi connectivity index (χ0v) is 21.7. The van der Waals surface area contributed by atoms with Crippen LogP contribution in [0.1, 0.15) is 18.5 Å². The molecule has 0 spiro atoms. The van der Waals surface area contributed by atoms with Crippen LogP contribution in [0.25, 0.3) is 0 Å². The molecule has 3 aliphatic rings. The third kappa shape index (κ3) is 5.79. The second-order valence-corrected chi connectivity index (χ2v) is 10.2. The van der Waals surface area contributed by atoms with Crippen molar-refractivity contribution in [3.05, 3.63) is 47.2 Å². The Balaban J connectivity index is 1.46. The van der Waals surface area contributed by atoms with E-state index >= 15 is 0 Å². The summed E-state index contributed by atoms with van der Waals surface area (Å²) in [6.45, 7) is 2.59. The number of nitrogens with one attached hydrogen (secondary N) is 4. The Morgan fingerprint density at radius 1 is 1.32 bits per heavy atom. The Morgan fingerprint density at radius 3 is 2.68 bits per heavy atom. The standard InChI is InChI=1S/C21H26N10O5S2/c1-2-30-28-21(27-29-30)38-9-11-8-37-17-13(16(33)31(17)14(11)18(34)35)24-15(32)12(10-6-4-3-5-7-10)25-20(36)26-19(22)23/h3-7,12-13,17,29H,2,8-9H2,1H3,(H,24,32)(H,27,28)(H,34,35)(H5,22,23,25,26,36)/t12?,13?,17-/m0/s1.